The molecular formula is C16H23FN2O. The summed E-state index contributed by atoms with van der Waals surface area (Å²) >= 11 is 0. The summed E-state index contributed by atoms with van der Waals surface area (Å²) in [5, 5.41) is 0. The van der Waals surface area contributed by atoms with E-state index >= 15 is 0 Å². The Bertz CT molecular complexity index is 469. The van der Waals surface area contributed by atoms with Crippen molar-refractivity contribution < 1.29 is 9.18 Å². The molecular weight excluding hydrogens is 255 g/mol. The summed E-state index contributed by atoms with van der Waals surface area (Å²) in [6.07, 6.45) is 5.67. The highest BCUT2D eigenvalue weighted by Gasteiger charge is 2.31. The fourth-order valence-electron chi connectivity index (χ4n) is 2.87. The van der Waals surface area contributed by atoms with E-state index in [1.54, 1.807) is 18.0 Å². The maximum atomic E-state index is 13.1. The molecule has 0 saturated heterocycles. The van der Waals surface area contributed by atoms with Crippen LogP contribution in [0.15, 0.2) is 24.3 Å². The van der Waals surface area contributed by atoms with E-state index in [2.05, 4.69) is 0 Å². The van der Waals surface area contributed by atoms with Gasteiger partial charge in [-0.05, 0) is 30.5 Å². The normalized spacial score (nSPS) is 17.8. The molecule has 4 heteroatoms. The molecule has 1 amide bonds. The van der Waals surface area contributed by atoms with Crippen LogP contribution in [0.3, 0.4) is 0 Å². The number of hydrogen-bond acceptors (Lipinski definition) is 2. The van der Waals surface area contributed by atoms with Gasteiger partial charge in [-0.15, -0.1) is 0 Å². The molecule has 0 unspecified atom stereocenters. The minimum atomic E-state index is -0.342. The van der Waals surface area contributed by atoms with Gasteiger partial charge in [0.15, 0.2) is 0 Å². The largest absolute Gasteiger partial charge is 0.341 e. The van der Waals surface area contributed by atoms with Gasteiger partial charge in [-0.3, -0.25) is 4.79 Å². The zero-order valence-electron chi connectivity index (χ0n) is 12.1. The first-order valence-corrected chi connectivity index (χ1v) is 7.26. The fraction of sp³-hybridized carbons (Fsp3) is 0.562. The lowest BCUT2D eigenvalue weighted by atomic mass is 9.80. The van der Waals surface area contributed by atoms with Crippen molar-refractivity contribution in [3.63, 3.8) is 0 Å². The van der Waals surface area contributed by atoms with E-state index in [4.69, 9.17) is 5.73 Å². The molecule has 1 aliphatic rings. The number of hydrogen-bond donors (Lipinski definition) is 1. The van der Waals surface area contributed by atoms with E-state index < -0.39 is 0 Å². The standard InChI is InChI=1S/C16H23FN2O/c1-19(12-13-6-5-7-14(17)10-13)15(20)11-16(18)8-3-2-4-9-16/h5-7,10H,2-4,8-9,11-12,18H2,1H3. The van der Waals surface area contributed by atoms with Crippen LogP contribution in [-0.2, 0) is 11.3 Å². The third-order valence-corrected chi connectivity index (χ3v) is 4.09. The lowest BCUT2D eigenvalue weighted by molar-refractivity contribution is -0.132. The van der Waals surface area contributed by atoms with Gasteiger partial charge in [-0.2, -0.15) is 0 Å². The van der Waals surface area contributed by atoms with Gasteiger partial charge in [0.2, 0.25) is 5.91 Å². The van der Waals surface area contributed by atoms with Crippen LogP contribution in [0.2, 0.25) is 0 Å². The summed E-state index contributed by atoms with van der Waals surface area (Å²) in [5.74, 6) is -0.232. The summed E-state index contributed by atoms with van der Waals surface area (Å²) in [6, 6.07) is 6.35. The van der Waals surface area contributed by atoms with Crippen LogP contribution >= 0.6 is 0 Å². The zero-order chi connectivity index (χ0) is 14.6. The number of carbonyl (C=O) groups is 1. The Morgan fingerprint density at radius 1 is 1.35 bits per heavy atom. The number of halogens is 1. The summed E-state index contributed by atoms with van der Waals surface area (Å²) in [4.78, 5) is 13.9. The molecule has 0 aromatic heterocycles. The molecule has 2 N–H and O–H groups in total. The molecule has 1 aromatic rings. The monoisotopic (exact) mass is 278 g/mol. The SMILES string of the molecule is CN(Cc1cccc(F)c1)C(=O)CC1(N)CCCCC1. The highest BCUT2D eigenvalue weighted by atomic mass is 19.1. The first-order chi connectivity index (χ1) is 9.48. The van der Waals surface area contributed by atoms with Crippen molar-refractivity contribution in [1.29, 1.82) is 0 Å². The van der Waals surface area contributed by atoms with Gasteiger partial charge in [0.25, 0.3) is 0 Å². The van der Waals surface area contributed by atoms with Crippen molar-refractivity contribution in [3.8, 4) is 0 Å². The molecule has 20 heavy (non-hydrogen) atoms. The van der Waals surface area contributed by atoms with Crippen molar-refractivity contribution >= 4 is 5.91 Å². The minimum absolute atomic E-state index is 0.0404. The number of carbonyl (C=O) groups excluding carboxylic acids is 1. The molecule has 0 bridgehead atoms. The third-order valence-electron chi connectivity index (χ3n) is 4.09. The van der Waals surface area contributed by atoms with E-state index in [0.717, 1.165) is 31.2 Å². The molecule has 0 spiro atoms. The van der Waals surface area contributed by atoms with Crippen LogP contribution in [0.4, 0.5) is 4.39 Å². The topological polar surface area (TPSA) is 46.3 Å². The molecule has 1 fully saturated rings. The second-order valence-corrected chi connectivity index (χ2v) is 5.98. The number of rotatable bonds is 4. The van der Waals surface area contributed by atoms with E-state index in [9.17, 15) is 9.18 Å². The molecule has 110 valence electrons. The van der Waals surface area contributed by atoms with E-state index in [0.29, 0.717) is 13.0 Å². The number of nitrogens with two attached hydrogens (primary N) is 1. The summed E-state index contributed by atoms with van der Waals surface area (Å²) in [7, 11) is 1.75. The lowest BCUT2D eigenvalue weighted by Gasteiger charge is -2.34. The minimum Gasteiger partial charge on any atom is -0.341 e. The highest BCUT2D eigenvalue weighted by Crippen LogP contribution is 2.29. The molecule has 0 radical (unpaired) electrons. The third kappa shape index (κ3) is 4.04. The Hall–Kier alpha value is -1.42. The van der Waals surface area contributed by atoms with Crippen LogP contribution in [0, 0.1) is 5.82 Å². The number of benzene rings is 1. The van der Waals surface area contributed by atoms with Gasteiger partial charge in [-0.1, -0.05) is 31.4 Å². The van der Waals surface area contributed by atoms with E-state index in [1.165, 1.54) is 18.6 Å². The van der Waals surface area contributed by atoms with Gasteiger partial charge in [-0.25, -0.2) is 4.39 Å². The van der Waals surface area contributed by atoms with Crippen molar-refractivity contribution in [2.45, 2.75) is 50.6 Å². The van der Waals surface area contributed by atoms with Gasteiger partial charge in [0.1, 0.15) is 5.82 Å². The lowest BCUT2D eigenvalue weighted by Crippen LogP contribution is -2.46. The van der Waals surface area contributed by atoms with Crippen LogP contribution in [0.5, 0.6) is 0 Å². The van der Waals surface area contributed by atoms with E-state index in [-0.39, 0.29) is 17.3 Å². The predicted octanol–water partition coefficient (Wildman–Crippen LogP) is 2.84. The number of amides is 1. The molecule has 1 saturated carbocycles. The predicted molar refractivity (Wildman–Crippen MR) is 77.5 cm³/mol. The van der Waals surface area contributed by atoms with Crippen molar-refractivity contribution in [1.82, 2.24) is 4.90 Å². The molecule has 1 aromatic carbocycles. The number of nitrogens with zero attached hydrogens (tertiary/aromatic N) is 1. The quantitative estimate of drug-likeness (QED) is 0.920. The Morgan fingerprint density at radius 3 is 2.70 bits per heavy atom. The summed E-state index contributed by atoms with van der Waals surface area (Å²) < 4.78 is 13.1. The average Bonchev–Trinajstić information content (AvgIpc) is 2.39. The molecule has 0 atom stereocenters. The Balaban J connectivity index is 1.91. The van der Waals surface area contributed by atoms with Crippen LogP contribution in [-0.4, -0.2) is 23.4 Å². The second kappa shape index (κ2) is 6.35. The summed E-state index contributed by atoms with van der Waals surface area (Å²) in [6.45, 7) is 0.423. The smallest absolute Gasteiger partial charge is 0.224 e. The van der Waals surface area contributed by atoms with Gasteiger partial charge < -0.3 is 10.6 Å². The highest BCUT2D eigenvalue weighted by molar-refractivity contribution is 5.77. The van der Waals surface area contributed by atoms with E-state index in [1.807, 2.05) is 6.07 Å². The average molecular weight is 278 g/mol. The van der Waals surface area contributed by atoms with Gasteiger partial charge >= 0.3 is 0 Å². The first-order valence-electron chi connectivity index (χ1n) is 7.26. The molecule has 3 nitrogen and oxygen atoms in total. The maximum Gasteiger partial charge on any atom is 0.224 e. The molecule has 2 rings (SSSR count). The fourth-order valence-corrected chi connectivity index (χ4v) is 2.87. The zero-order valence-corrected chi connectivity index (χ0v) is 12.1. The first kappa shape index (κ1) is 15.0. The Labute approximate surface area is 120 Å². The van der Waals surface area contributed by atoms with Crippen molar-refractivity contribution in [2.24, 2.45) is 5.73 Å². The van der Waals surface area contributed by atoms with Crippen molar-refractivity contribution in [2.75, 3.05) is 7.05 Å². The van der Waals surface area contributed by atoms with Crippen LogP contribution < -0.4 is 5.73 Å². The second-order valence-electron chi connectivity index (χ2n) is 5.98. The Kier molecular flexibility index (Phi) is 4.76. The van der Waals surface area contributed by atoms with Gasteiger partial charge in [0.05, 0.1) is 0 Å². The summed E-state index contributed by atoms with van der Waals surface area (Å²) in [5.41, 5.74) is 6.77. The molecule has 0 aliphatic heterocycles. The van der Waals surface area contributed by atoms with Crippen LogP contribution in [0.25, 0.3) is 0 Å². The Morgan fingerprint density at radius 2 is 2.05 bits per heavy atom. The van der Waals surface area contributed by atoms with Gasteiger partial charge in [0, 0.05) is 25.6 Å². The van der Waals surface area contributed by atoms with Crippen molar-refractivity contribution in [3.05, 3.63) is 35.6 Å². The maximum absolute atomic E-state index is 13.1. The molecule has 0 heterocycles. The molecule has 1 aliphatic carbocycles. The van der Waals surface area contributed by atoms with Crippen LogP contribution in [0.1, 0.15) is 44.1 Å².